The number of nitrogen functional groups attached to an aromatic ring is 1. The fourth-order valence-corrected chi connectivity index (χ4v) is 1.48. The Balaban J connectivity index is 2.63. The van der Waals surface area contributed by atoms with E-state index in [1.807, 2.05) is 0 Å². The van der Waals surface area contributed by atoms with Gasteiger partial charge in [0.05, 0.1) is 11.4 Å². The SMILES string of the molecule is CCCCCNc1cccc(OC(=O)O)c1N. The number of nitrogens with two attached hydrogens (primary N) is 1. The van der Waals surface area contributed by atoms with Crippen molar-refractivity contribution in [2.45, 2.75) is 26.2 Å². The van der Waals surface area contributed by atoms with Crippen molar-refractivity contribution >= 4 is 17.5 Å². The van der Waals surface area contributed by atoms with Crippen LogP contribution >= 0.6 is 0 Å². The summed E-state index contributed by atoms with van der Waals surface area (Å²) in [6.07, 6.45) is 2.00. The second kappa shape index (κ2) is 6.62. The largest absolute Gasteiger partial charge is 0.511 e. The van der Waals surface area contributed by atoms with Gasteiger partial charge < -0.3 is 20.9 Å². The predicted molar refractivity (Wildman–Crippen MR) is 67.5 cm³/mol. The molecule has 4 N–H and O–H groups in total. The fraction of sp³-hybridized carbons (Fsp3) is 0.417. The highest BCUT2D eigenvalue weighted by atomic mass is 16.7. The Labute approximate surface area is 101 Å². The molecule has 5 nitrogen and oxygen atoms in total. The van der Waals surface area contributed by atoms with Gasteiger partial charge >= 0.3 is 6.16 Å². The zero-order valence-corrected chi connectivity index (χ0v) is 9.90. The topological polar surface area (TPSA) is 84.6 Å². The zero-order valence-electron chi connectivity index (χ0n) is 9.90. The molecule has 0 atom stereocenters. The molecule has 1 aromatic rings. The molecule has 0 bridgehead atoms. The zero-order chi connectivity index (χ0) is 12.7. The summed E-state index contributed by atoms with van der Waals surface area (Å²) in [7, 11) is 0. The first-order valence-electron chi connectivity index (χ1n) is 5.68. The Morgan fingerprint density at radius 3 is 2.88 bits per heavy atom. The van der Waals surface area contributed by atoms with Crippen LogP contribution in [0.5, 0.6) is 5.75 Å². The molecule has 0 heterocycles. The number of hydrogen-bond donors (Lipinski definition) is 3. The lowest BCUT2D eigenvalue weighted by Crippen LogP contribution is -2.08. The number of ether oxygens (including phenoxy) is 1. The Hall–Kier alpha value is -1.91. The number of anilines is 2. The van der Waals surface area contributed by atoms with E-state index >= 15 is 0 Å². The lowest BCUT2D eigenvalue weighted by Gasteiger charge is -2.11. The minimum Gasteiger partial charge on any atom is -0.449 e. The Morgan fingerprint density at radius 1 is 1.47 bits per heavy atom. The molecule has 17 heavy (non-hydrogen) atoms. The van der Waals surface area contributed by atoms with E-state index in [1.165, 1.54) is 6.07 Å². The molecule has 0 aromatic heterocycles. The van der Waals surface area contributed by atoms with Crippen LogP contribution < -0.4 is 15.8 Å². The maximum Gasteiger partial charge on any atom is 0.511 e. The number of unbranched alkanes of at least 4 members (excludes halogenated alkanes) is 2. The van der Waals surface area contributed by atoms with Crippen LogP contribution in [0.3, 0.4) is 0 Å². The van der Waals surface area contributed by atoms with Gasteiger partial charge in [-0.15, -0.1) is 0 Å². The minimum absolute atomic E-state index is 0.165. The van der Waals surface area contributed by atoms with E-state index in [-0.39, 0.29) is 5.75 Å². The highest BCUT2D eigenvalue weighted by Crippen LogP contribution is 2.29. The van der Waals surface area contributed by atoms with Gasteiger partial charge in [0.25, 0.3) is 0 Å². The Morgan fingerprint density at radius 2 is 2.24 bits per heavy atom. The first-order chi connectivity index (χ1) is 8.15. The summed E-state index contributed by atoms with van der Waals surface area (Å²) in [4.78, 5) is 10.4. The number of benzene rings is 1. The summed E-state index contributed by atoms with van der Waals surface area (Å²) in [5, 5.41) is 11.7. The summed E-state index contributed by atoms with van der Waals surface area (Å²) in [5.74, 6) is 0.165. The van der Waals surface area contributed by atoms with Crippen molar-refractivity contribution in [2.24, 2.45) is 0 Å². The molecule has 0 aliphatic heterocycles. The predicted octanol–water partition coefficient (Wildman–Crippen LogP) is 2.93. The first kappa shape index (κ1) is 13.2. The van der Waals surface area contributed by atoms with E-state index in [0.29, 0.717) is 11.4 Å². The molecule has 0 fully saturated rings. The average Bonchev–Trinajstić information content (AvgIpc) is 2.28. The number of para-hydroxylation sites is 1. The third-order valence-electron chi connectivity index (χ3n) is 2.36. The molecule has 0 radical (unpaired) electrons. The van der Waals surface area contributed by atoms with Crippen molar-refractivity contribution < 1.29 is 14.6 Å². The van der Waals surface area contributed by atoms with Crippen molar-refractivity contribution in [1.82, 2.24) is 0 Å². The van der Waals surface area contributed by atoms with Gasteiger partial charge in [-0.3, -0.25) is 0 Å². The maximum atomic E-state index is 10.4. The number of carboxylic acid groups (broad SMARTS) is 1. The Kier molecular flexibility index (Phi) is 5.13. The van der Waals surface area contributed by atoms with E-state index in [1.54, 1.807) is 12.1 Å². The van der Waals surface area contributed by atoms with Gasteiger partial charge in [-0.05, 0) is 18.6 Å². The van der Waals surface area contributed by atoms with E-state index in [4.69, 9.17) is 10.8 Å². The molecule has 0 aliphatic carbocycles. The molecule has 0 spiro atoms. The van der Waals surface area contributed by atoms with Gasteiger partial charge in [0, 0.05) is 6.54 Å². The van der Waals surface area contributed by atoms with Crippen molar-refractivity contribution in [1.29, 1.82) is 0 Å². The van der Waals surface area contributed by atoms with Crippen LogP contribution in [-0.2, 0) is 0 Å². The smallest absolute Gasteiger partial charge is 0.449 e. The van der Waals surface area contributed by atoms with E-state index in [2.05, 4.69) is 17.0 Å². The summed E-state index contributed by atoms with van der Waals surface area (Å²) < 4.78 is 4.56. The maximum absolute atomic E-state index is 10.4. The average molecular weight is 238 g/mol. The van der Waals surface area contributed by atoms with Gasteiger partial charge in [-0.2, -0.15) is 0 Å². The standard InChI is InChI=1S/C12H18N2O3/c1-2-3-4-8-14-9-6-5-7-10(11(9)13)17-12(15)16/h5-7,14H,2-4,8,13H2,1H3,(H,15,16). The number of rotatable bonds is 6. The lowest BCUT2D eigenvalue weighted by molar-refractivity contribution is 0.145. The lowest BCUT2D eigenvalue weighted by atomic mass is 10.2. The van der Waals surface area contributed by atoms with Gasteiger partial charge in [0.15, 0.2) is 5.75 Å². The second-order valence-electron chi connectivity index (χ2n) is 3.72. The van der Waals surface area contributed by atoms with Gasteiger partial charge in [-0.1, -0.05) is 25.8 Å². The molecule has 1 aromatic carbocycles. The monoisotopic (exact) mass is 238 g/mol. The van der Waals surface area contributed by atoms with Crippen molar-refractivity contribution in [3.8, 4) is 5.75 Å². The van der Waals surface area contributed by atoms with Crippen LogP contribution in [0.1, 0.15) is 26.2 Å². The highest BCUT2D eigenvalue weighted by Gasteiger charge is 2.08. The third-order valence-corrected chi connectivity index (χ3v) is 2.36. The molecule has 0 saturated carbocycles. The van der Waals surface area contributed by atoms with Crippen LogP contribution in [0.15, 0.2) is 18.2 Å². The van der Waals surface area contributed by atoms with E-state index < -0.39 is 6.16 Å². The fourth-order valence-electron chi connectivity index (χ4n) is 1.48. The van der Waals surface area contributed by atoms with Crippen molar-refractivity contribution in [3.05, 3.63) is 18.2 Å². The second-order valence-corrected chi connectivity index (χ2v) is 3.72. The molecule has 5 heteroatoms. The van der Waals surface area contributed by atoms with Crippen LogP contribution in [0.2, 0.25) is 0 Å². The van der Waals surface area contributed by atoms with Crippen LogP contribution in [0.25, 0.3) is 0 Å². The first-order valence-corrected chi connectivity index (χ1v) is 5.68. The summed E-state index contributed by atoms with van der Waals surface area (Å²) in [6, 6.07) is 5.04. The van der Waals surface area contributed by atoms with E-state index in [9.17, 15) is 4.79 Å². The quantitative estimate of drug-likeness (QED) is 0.307. The van der Waals surface area contributed by atoms with Gasteiger partial charge in [-0.25, -0.2) is 4.79 Å². The molecule has 0 saturated heterocycles. The molecular weight excluding hydrogens is 220 g/mol. The van der Waals surface area contributed by atoms with Crippen LogP contribution in [-0.4, -0.2) is 17.8 Å². The number of hydrogen-bond acceptors (Lipinski definition) is 4. The van der Waals surface area contributed by atoms with E-state index in [0.717, 1.165) is 25.8 Å². The minimum atomic E-state index is -1.36. The van der Waals surface area contributed by atoms with Crippen LogP contribution in [0.4, 0.5) is 16.2 Å². The molecule has 0 amide bonds. The third kappa shape index (κ3) is 4.22. The molecule has 1 rings (SSSR count). The normalized spacial score (nSPS) is 9.94. The van der Waals surface area contributed by atoms with Gasteiger partial charge in [0.1, 0.15) is 0 Å². The van der Waals surface area contributed by atoms with Crippen molar-refractivity contribution in [3.63, 3.8) is 0 Å². The molecule has 0 unspecified atom stereocenters. The number of nitrogens with one attached hydrogen (secondary N) is 1. The summed E-state index contributed by atoms with van der Waals surface area (Å²) in [5.41, 5.74) is 6.83. The Bertz CT molecular complexity index is 380. The summed E-state index contributed by atoms with van der Waals surface area (Å²) in [6.45, 7) is 2.95. The summed E-state index contributed by atoms with van der Waals surface area (Å²) >= 11 is 0. The van der Waals surface area contributed by atoms with Crippen molar-refractivity contribution in [2.75, 3.05) is 17.6 Å². The molecular formula is C12H18N2O3. The number of carbonyl (C=O) groups is 1. The van der Waals surface area contributed by atoms with Crippen LogP contribution in [0, 0.1) is 0 Å². The molecule has 0 aliphatic rings. The molecule has 94 valence electrons. The van der Waals surface area contributed by atoms with Gasteiger partial charge in [0.2, 0.25) is 0 Å². The highest BCUT2D eigenvalue weighted by molar-refractivity contribution is 5.76.